The lowest BCUT2D eigenvalue weighted by molar-refractivity contribution is 0.419. The van der Waals surface area contributed by atoms with Gasteiger partial charge in [0.2, 0.25) is 0 Å². The molecule has 0 fully saturated rings. The second kappa shape index (κ2) is 5.81. The first kappa shape index (κ1) is 13.5. The highest BCUT2D eigenvalue weighted by atomic mass is 35.5. The number of aromatic nitrogens is 1. The number of halogens is 1. The van der Waals surface area contributed by atoms with Gasteiger partial charge in [0, 0.05) is 10.9 Å². The molecular formula is C12H11ClN4OS. The van der Waals surface area contributed by atoms with Gasteiger partial charge >= 0.3 is 0 Å². The van der Waals surface area contributed by atoms with Crippen molar-refractivity contribution in [2.45, 2.75) is 0 Å². The Morgan fingerprint density at radius 2 is 2.37 bits per heavy atom. The summed E-state index contributed by atoms with van der Waals surface area (Å²) in [6.45, 7) is 0. The van der Waals surface area contributed by atoms with Crippen molar-refractivity contribution in [1.82, 2.24) is 10.4 Å². The zero-order valence-electron chi connectivity index (χ0n) is 10.1. The fourth-order valence-corrected chi connectivity index (χ4v) is 1.83. The van der Waals surface area contributed by atoms with E-state index >= 15 is 0 Å². The Morgan fingerprint density at radius 1 is 1.58 bits per heavy atom. The fourth-order valence-electron chi connectivity index (χ4n) is 1.59. The van der Waals surface area contributed by atoms with Crippen molar-refractivity contribution in [2.24, 2.45) is 10.8 Å². The molecule has 0 aliphatic carbocycles. The van der Waals surface area contributed by atoms with E-state index in [9.17, 15) is 0 Å². The van der Waals surface area contributed by atoms with E-state index in [0.717, 1.165) is 5.39 Å². The van der Waals surface area contributed by atoms with E-state index in [1.807, 2.05) is 24.3 Å². The predicted molar refractivity (Wildman–Crippen MR) is 80.8 cm³/mol. The maximum atomic E-state index is 6.10. The van der Waals surface area contributed by atoms with Crippen molar-refractivity contribution in [3.05, 3.63) is 35.0 Å². The van der Waals surface area contributed by atoms with Gasteiger partial charge in [-0.2, -0.15) is 5.10 Å². The van der Waals surface area contributed by atoms with E-state index in [4.69, 9.17) is 22.1 Å². The number of hydrazone groups is 1. The summed E-state index contributed by atoms with van der Waals surface area (Å²) in [6.07, 6.45) is 1.51. The lowest BCUT2D eigenvalue weighted by Crippen LogP contribution is -2.24. The summed E-state index contributed by atoms with van der Waals surface area (Å²) in [6, 6.07) is 7.48. The van der Waals surface area contributed by atoms with Crippen LogP contribution in [0.15, 0.2) is 29.4 Å². The molecule has 0 atom stereocenters. The lowest BCUT2D eigenvalue weighted by atomic mass is 10.1. The first-order chi connectivity index (χ1) is 9.11. The van der Waals surface area contributed by atoms with Crippen LogP contribution in [-0.4, -0.2) is 23.4 Å². The second-order valence-electron chi connectivity index (χ2n) is 3.63. The van der Waals surface area contributed by atoms with E-state index in [1.54, 1.807) is 7.11 Å². The Balaban J connectivity index is 2.45. The van der Waals surface area contributed by atoms with E-state index in [-0.39, 0.29) is 5.11 Å². The molecule has 0 saturated heterocycles. The van der Waals surface area contributed by atoms with E-state index in [2.05, 4.69) is 27.7 Å². The SMILES string of the molecule is COc1cccc2cc(/C=N/NC(N)=S)c(Cl)nc12. The van der Waals surface area contributed by atoms with Gasteiger partial charge in [-0.25, -0.2) is 4.98 Å². The number of fused-ring (bicyclic) bond motifs is 1. The molecule has 5 nitrogen and oxygen atoms in total. The number of nitrogens with zero attached hydrogens (tertiary/aromatic N) is 2. The molecule has 0 aliphatic heterocycles. The molecule has 1 aromatic carbocycles. The van der Waals surface area contributed by atoms with Crippen molar-refractivity contribution in [2.75, 3.05) is 7.11 Å². The van der Waals surface area contributed by atoms with Gasteiger partial charge in [-0.3, -0.25) is 5.43 Å². The number of para-hydroxylation sites is 1. The third kappa shape index (κ3) is 3.10. The number of benzene rings is 1. The van der Waals surface area contributed by atoms with E-state index < -0.39 is 0 Å². The quantitative estimate of drug-likeness (QED) is 0.392. The molecule has 3 N–H and O–H groups in total. The van der Waals surface area contributed by atoms with Crippen LogP contribution >= 0.6 is 23.8 Å². The molecule has 1 aromatic heterocycles. The van der Waals surface area contributed by atoms with Gasteiger partial charge in [0.1, 0.15) is 16.4 Å². The summed E-state index contributed by atoms with van der Waals surface area (Å²) in [5.41, 5.74) is 9.09. The Bertz CT molecular complexity index is 659. The molecule has 0 radical (unpaired) electrons. The maximum absolute atomic E-state index is 6.10. The molecule has 2 rings (SSSR count). The number of hydrogen-bond donors (Lipinski definition) is 2. The van der Waals surface area contributed by atoms with Crippen LogP contribution < -0.4 is 15.9 Å². The molecule has 0 spiro atoms. The fraction of sp³-hybridized carbons (Fsp3) is 0.0833. The van der Waals surface area contributed by atoms with Gasteiger partial charge in [-0.05, 0) is 24.4 Å². The van der Waals surface area contributed by atoms with Crippen molar-refractivity contribution >= 4 is 46.0 Å². The van der Waals surface area contributed by atoms with Crippen LogP contribution in [0.25, 0.3) is 10.9 Å². The smallest absolute Gasteiger partial charge is 0.184 e. The van der Waals surface area contributed by atoms with Crippen LogP contribution in [-0.2, 0) is 0 Å². The van der Waals surface area contributed by atoms with Crippen molar-refractivity contribution in [1.29, 1.82) is 0 Å². The molecule has 0 aliphatic rings. The number of pyridine rings is 1. The number of rotatable bonds is 3. The first-order valence-electron chi connectivity index (χ1n) is 5.33. The molecule has 2 aromatic rings. The number of thiocarbonyl (C=S) groups is 1. The second-order valence-corrected chi connectivity index (χ2v) is 4.43. The van der Waals surface area contributed by atoms with Crippen LogP contribution in [0.5, 0.6) is 5.75 Å². The molecule has 0 bridgehead atoms. The molecular weight excluding hydrogens is 284 g/mol. The Morgan fingerprint density at radius 3 is 3.05 bits per heavy atom. The summed E-state index contributed by atoms with van der Waals surface area (Å²) >= 11 is 10.7. The van der Waals surface area contributed by atoms with E-state index in [1.165, 1.54) is 6.21 Å². The first-order valence-corrected chi connectivity index (χ1v) is 6.12. The molecule has 0 unspecified atom stereocenters. The Kier molecular flexibility index (Phi) is 4.13. The highest BCUT2D eigenvalue weighted by Gasteiger charge is 2.07. The lowest BCUT2D eigenvalue weighted by Gasteiger charge is -2.06. The summed E-state index contributed by atoms with van der Waals surface area (Å²) in [5.74, 6) is 0.671. The summed E-state index contributed by atoms with van der Waals surface area (Å²) < 4.78 is 5.23. The minimum absolute atomic E-state index is 0.0859. The van der Waals surface area contributed by atoms with Gasteiger partial charge in [0.15, 0.2) is 5.11 Å². The average molecular weight is 295 g/mol. The molecule has 0 saturated carbocycles. The van der Waals surface area contributed by atoms with Crippen molar-refractivity contribution in [3.8, 4) is 5.75 Å². The number of ether oxygens (including phenoxy) is 1. The highest BCUT2D eigenvalue weighted by molar-refractivity contribution is 7.80. The van der Waals surface area contributed by atoms with Crippen molar-refractivity contribution < 1.29 is 4.74 Å². The average Bonchev–Trinajstić information content (AvgIpc) is 2.38. The number of nitrogens with one attached hydrogen (secondary N) is 1. The monoisotopic (exact) mass is 294 g/mol. The number of hydrogen-bond acceptors (Lipinski definition) is 4. The van der Waals surface area contributed by atoms with Crippen LogP contribution in [0.1, 0.15) is 5.56 Å². The third-order valence-electron chi connectivity index (χ3n) is 2.39. The van der Waals surface area contributed by atoms with Gasteiger partial charge < -0.3 is 10.5 Å². The molecule has 7 heteroatoms. The minimum Gasteiger partial charge on any atom is -0.494 e. The van der Waals surface area contributed by atoms with E-state index in [0.29, 0.717) is 22.0 Å². The highest BCUT2D eigenvalue weighted by Crippen LogP contribution is 2.26. The molecule has 98 valence electrons. The van der Waals surface area contributed by atoms with Crippen LogP contribution in [0.3, 0.4) is 0 Å². The molecule has 19 heavy (non-hydrogen) atoms. The standard InChI is InChI=1S/C12H11ClN4OS/c1-18-9-4-2-3-7-5-8(6-15-17-12(14)19)11(13)16-10(7)9/h2-6H,1H3,(H3,14,17,19)/b15-6+. The Hall–Kier alpha value is -1.92. The summed E-state index contributed by atoms with van der Waals surface area (Å²) in [7, 11) is 1.59. The minimum atomic E-state index is 0.0859. The number of nitrogens with two attached hydrogens (primary N) is 1. The molecule has 1 heterocycles. The largest absolute Gasteiger partial charge is 0.494 e. The predicted octanol–water partition coefficient (Wildman–Crippen LogP) is 2.06. The summed E-state index contributed by atoms with van der Waals surface area (Å²) in [5, 5.41) is 5.17. The van der Waals surface area contributed by atoms with Gasteiger partial charge in [0.05, 0.1) is 13.3 Å². The van der Waals surface area contributed by atoms with Crippen LogP contribution in [0.2, 0.25) is 5.15 Å². The summed E-state index contributed by atoms with van der Waals surface area (Å²) in [4.78, 5) is 4.30. The topological polar surface area (TPSA) is 72.5 Å². The zero-order valence-corrected chi connectivity index (χ0v) is 11.6. The van der Waals surface area contributed by atoms with Crippen LogP contribution in [0.4, 0.5) is 0 Å². The maximum Gasteiger partial charge on any atom is 0.184 e. The Labute approximate surface area is 120 Å². The normalized spacial score (nSPS) is 10.8. The van der Waals surface area contributed by atoms with Crippen LogP contribution in [0, 0.1) is 0 Å². The van der Waals surface area contributed by atoms with Gasteiger partial charge in [-0.15, -0.1) is 0 Å². The van der Waals surface area contributed by atoms with Crippen molar-refractivity contribution in [3.63, 3.8) is 0 Å². The third-order valence-corrected chi connectivity index (χ3v) is 2.78. The van der Waals surface area contributed by atoms with Gasteiger partial charge in [0.25, 0.3) is 0 Å². The van der Waals surface area contributed by atoms with Gasteiger partial charge in [-0.1, -0.05) is 23.7 Å². The zero-order chi connectivity index (χ0) is 13.8. The molecule has 0 amide bonds. The number of methoxy groups -OCH3 is 1.